The number of nitrogens with zero attached hydrogens (tertiary/aromatic N) is 4. The molecule has 0 aliphatic carbocycles. The highest BCUT2D eigenvalue weighted by Crippen LogP contribution is 2.23. The van der Waals surface area contributed by atoms with Crippen LogP contribution < -0.4 is 9.88 Å². The Hall–Kier alpha value is -2.80. The van der Waals surface area contributed by atoms with Crippen molar-refractivity contribution in [3.8, 4) is 5.69 Å². The van der Waals surface area contributed by atoms with E-state index in [4.69, 9.17) is 0 Å². The van der Waals surface area contributed by atoms with E-state index in [0.29, 0.717) is 5.75 Å². The van der Waals surface area contributed by atoms with Crippen LogP contribution in [0.2, 0.25) is 0 Å². The number of hydrogen-bond acceptors (Lipinski definition) is 4. The van der Waals surface area contributed by atoms with Gasteiger partial charge in [0.05, 0.1) is 5.75 Å². The van der Waals surface area contributed by atoms with E-state index in [-0.39, 0.29) is 5.91 Å². The van der Waals surface area contributed by atoms with Gasteiger partial charge < -0.3 is 9.80 Å². The number of carbonyl (C=O) groups excluding carboxylic acids is 1. The molecule has 0 spiro atoms. The van der Waals surface area contributed by atoms with Gasteiger partial charge >= 0.3 is 0 Å². The van der Waals surface area contributed by atoms with Crippen molar-refractivity contribution in [2.45, 2.75) is 19.0 Å². The van der Waals surface area contributed by atoms with Gasteiger partial charge in [-0.15, -0.1) is 0 Å². The highest BCUT2D eigenvalue weighted by molar-refractivity contribution is 7.99. The Morgan fingerprint density at radius 2 is 1.79 bits per heavy atom. The summed E-state index contributed by atoms with van der Waals surface area (Å²) in [6.45, 7) is 7.44. The van der Waals surface area contributed by atoms with Crippen molar-refractivity contribution in [2.75, 3.05) is 36.8 Å². The third-order valence-corrected chi connectivity index (χ3v) is 6.35. The maximum Gasteiger partial charge on any atom is 0.233 e. The van der Waals surface area contributed by atoms with Gasteiger partial charge in [-0.2, -0.15) is 0 Å². The second kappa shape index (κ2) is 8.69. The SMILES string of the molecule is Cc1ccc(-n2ccnc2SCC(=O)N2CCN(c3cc[nH+]cc3)CC2)cc1C. The molecule has 6 nitrogen and oxygen atoms in total. The minimum Gasteiger partial charge on any atom is -0.368 e. The molecule has 0 saturated carbocycles. The summed E-state index contributed by atoms with van der Waals surface area (Å²) < 4.78 is 2.05. The number of rotatable bonds is 5. The van der Waals surface area contributed by atoms with E-state index in [1.807, 2.05) is 23.5 Å². The van der Waals surface area contributed by atoms with Gasteiger partial charge in [-0.3, -0.25) is 9.36 Å². The summed E-state index contributed by atoms with van der Waals surface area (Å²) in [5.41, 5.74) is 4.79. The lowest BCUT2D eigenvalue weighted by atomic mass is 10.1. The number of benzene rings is 1. The number of carbonyl (C=O) groups is 1. The first-order chi connectivity index (χ1) is 14.1. The molecule has 7 heteroatoms. The van der Waals surface area contributed by atoms with Gasteiger partial charge in [0.25, 0.3) is 0 Å². The molecule has 1 aromatic carbocycles. The second-order valence-corrected chi connectivity index (χ2v) is 8.21. The number of aromatic amines is 1. The van der Waals surface area contributed by atoms with Gasteiger partial charge in [0.1, 0.15) is 0 Å². The molecule has 0 bridgehead atoms. The van der Waals surface area contributed by atoms with E-state index < -0.39 is 0 Å². The summed E-state index contributed by atoms with van der Waals surface area (Å²) >= 11 is 1.50. The van der Waals surface area contributed by atoms with Crippen molar-refractivity contribution < 1.29 is 9.78 Å². The van der Waals surface area contributed by atoms with Crippen molar-refractivity contribution in [1.29, 1.82) is 0 Å². The molecule has 29 heavy (non-hydrogen) atoms. The Balaban J connectivity index is 1.34. The fourth-order valence-electron chi connectivity index (χ4n) is 3.49. The Kier molecular flexibility index (Phi) is 5.85. The van der Waals surface area contributed by atoms with Crippen LogP contribution in [0.25, 0.3) is 5.69 Å². The van der Waals surface area contributed by atoms with E-state index in [9.17, 15) is 4.79 Å². The molecule has 3 aromatic rings. The minimum atomic E-state index is 0.172. The van der Waals surface area contributed by atoms with Crippen molar-refractivity contribution in [3.63, 3.8) is 0 Å². The molecule has 2 aromatic heterocycles. The van der Waals surface area contributed by atoms with Gasteiger partial charge in [0.2, 0.25) is 5.91 Å². The van der Waals surface area contributed by atoms with E-state index in [2.05, 4.69) is 63.6 Å². The van der Waals surface area contributed by atoms with Crippen LogP contribution in [0.4, 0.5) is 5.69 Å². The van der Waals surface area contributed by atoms with Crippen LogP contribution in [0, 0.1) is 13.8 Å². The van der Waals surface area contributed by atoms with Crippen molar-refractivity contribution >= 4 is 23.4 Å². The molecule has 0 atom stereocenters. The number of thioether (sulfide) groups is 1. The van der Waals surface area contributed by atoms with Gasteiger partial charge in [0.15, 0.2) is 17.6 Å². The number of imidazole rings is 1. The third-order valence-electron chi connectivity index (χ3n) is 5.40. The van der Waals surface area contributed by atoms with E-state index >= 15 is 0 Å². The molecule has 1 saturated heterocycles. The summed E-state index contributed by atoms with van der Waals surface area (Å²) in [5, 5.41) is 0.848. The number of aryl methyl sites for hydroxylation is 2. The zero-order valence-electron chi connectivity index (χ0n) is 16.8. The number of piperazine rings is 1. The molecule has 4 rings (SSSR count). The van der Waals surface area contributed by atoms with Crippen molar-refractivity contribution in [3.05, 3.63) is 66.2 Å². The quantitative estimate of drug-likeness (QED) is 0.609. The molecule has 1 amide bonds. The number of hydrogen-bond donors (Lipinski definition) is 0. The monoisotopic (exact) mass is 408 g/mol. The minimum absolute atomic E-state index is 0.172. The fourth-order valence-corrected chi connectivity index (χ4v) is 4.36. The van der Waals surface area contributed by atoms with Crippen LogP contribution in [0.15, 0.2) is 60.3 Å². The Labute approximate surface area is 175 Å². The van der Waals surface area contributed by atoms with Gasteiger partial charge in [-0.05, 0) is 37.1 Å². The molecule has 1 aliphatic rings. The predicted molar refractivity (Wildman–Crippen MR) is 116 cm³/mol. The topological polar surface area (TPSA) is 55.5 Å². The van der Waals surface area contributed by atoms with Crippen LogP contribution in [0.1, 0.15) is 11.1 Å². The lowest BCUT2D eigenvalue weighted by Gasteiger charge is -2.35. The molecule has 1 fully saturated rings. The lowest BCUT2D eigenvalue weighted by molar-refractivity contribution is -0.377. The summed E-state index contributed by atoms with van der Waals surface area (Å²) in [6.07, 6.45) is 7.60. The fraction of sp³-hybridized carbons (Fsp3) is 0.318. The molecule has 1 N–H and O–H groups in total. The van der Waals surface area contributed by atoms with E-state index in [0.717, 1.165) is 37.0 Å². The van der Waals surface area contributed by atoms with Gasteiger partial charge in [0, 0.05) is 62.1 Å². The molecule has 3 heterocycles. The number of aromatic nitrogens is 3. The summed E-state index contributed by atoms with van der Waals surface area (Å²) in [7, 11) is 0. The van der Waals surface area contributed by atoms with Crippen LogP contribution in [-0.4, -0.2) is 52.3 Å². The van der Waals surface area contributed by atoms with Gasteiger partial charge in [-0.1, -0.05) is 17.8 Å². The highest BCUT2D eigenvalue weighted by Gasteiger charge is 2.22. The average Bonchev–Trinajstić information content (AvgIpc) is 3.23. The molecule has 1 aliphatic heterocycles. The summed E-state index contributed by atoms with van der Waals surface area (Å²) in [6, 6.07) is 10.5. The second-order valence-electron chi connectivity index (χ2n) is 7.26. The Morgan fingerprint density at radius 1 is 1.03 bits per heavy atom. The molecular weight excluding hydrogens is 382 g/mol. The van der Waals surface area contributed by atoms with Crippen LogP contribution in [0.5, 0.6) is 0 Å². The zero-order chi connectivity index (χ0) is 20.2. The Morgan fingerprint density at radius 3 is 2.52 bits per heavy atom. The van der Waals surface area contributed by atoms with Crippen molar-refractivity contribution in [2.24, 2.45) is 0 Å². The van der Waals surface area contributed by atoms with Crippen LogP contribution in [0.3, 0.4) is 0 Å². The molecular formula is C22H26N5OS+. The normalized spacial score (nSPS) is 14.3. The van der Waals surface area contributed by atoms with Crippen molar-refractivity contribution in [1.82, 2.24) is 14.5 Å². The summed E-state index contributed by atoms with van der Waals surface area (Å²) in [5.74, 6) is 0.577. The highest BCUT2D eigenvalue weighted by atomic mass is 32.2. The number of anilines is 1. The maximum atomic E-state index is 12.7. The molecule has 0 radical (unpaired) electrons. The van der Waals surface area contributed by atoms with E-state index in [1.165, 1.54) is 28.6 Å². The lowest BCUT2D eigenvalue weighted by Crippen LogP contribution is -2.49. The number of nitrogens with one attached hydrogen (secondary N) is 1. The number of amides is 1. The van der Waals surface area contributed by atoms with Crippen LogP contribution in [-0.2, 0) is 4.79 Å². The smallest absolute Gasteiger partial charge is 0.233 e. The largest absolute Gasteiger partial charge is 0.368 e. The molecule has 150 valence electrons. The first kappa shape index (κ1) is 19.5. The first-order valence-electron chi connectivity index (χ1n) is 9.84. The Bertz CT molecular complexity index is 980. The zero-order valence-corrected chi connectivity index (χ0v) is 17.7. The standard InChI is InChI=1S/C22H25N5OS/c1-17-3-4-20(15-18(17)2)27-10-9-24-22(27)29-16-21(28)26-13-11-25(12-14-26)19-5-7-23-8-6-19/h3-10,15H,11-14,16H2,1-2H3/p+1. The van der Waals surface area contributed by atoms with E-state index in [1.54, 1.807) is 6.20 Å². The first-order valence-corrected chi connectivity index (χ1v) is 10.8. The predicted octanol–water partition coefficient (Wildman–Crippen LogP) is 2.74. The number of pyridine rings is 1. The summed E-state index contributed by atoms with van der Waals surface area (Å²) in [4.78, 5) is 24.5. The number of H-pyrrole nitrogens is 1. The third kappa shape index (κ3) is 4.45. The maximum absolute atomic E-state index is 12.7. The average molecular weight is 409 g/mol. The molecule has 0 unspecified atom stereocenters. The van der Waals surface area contributed by atoms with Gasteiger partial charge in [-0.25, -0.2) is 9.97 Å². The van der Waals surface area contributed by atoms with Crippen LogP contribution >= 0.6 is 11.8 Å².